The molecule has 0 aromatic rings. The number of Topliss-reactive ketones (excluding diaryl/α,β-unsaturated/α-hetero) is 2. The molecule has 1 fully saturated rings. The van der Waals surface area contributed by atoms with Crippen LogP contribution in [0.1, 0.15) is 47.5 Å². The van der Waals surface area contributed by atoms with Gasteiger partial charge in [-0.25, -0.2) is 0 Å². The Kier molecular flexibility index (Phi) is 11.0. The van der Waals surface area contributed by atoms with Crippen LogP contribution < -0.4 is 16.4 Å². The minimum Gasteiger partial charge on any atom is -0.393 e. The molecule has 29 heavy (non-hydrogen) atoms. The van der Waals surface area contributed by atoms with E-state index in [-0.39, 0.29) is 36.5 Å². The van der Waals surface area contributed by atoms with Gasteiger partial charge in [0.05, 0.1) is 24.1 Å². The lowest BCUT2D eigenvalue weighted by Crippen LogP contribution is -2.55. The molecule has 4 atom stereocenters. The van der Waals surface area contributed by atoms with Crippen molar-refractivity contribution in [2.24, 2.45) is 23.5 Å². The average Bonchev–Trinajstić information content (AvgIpc) is 2.64. The van der Waals surface area contributed by atoms with Crippen LogP contribution in [-0.2, 0) is 14.4 Å². The molecule has 1 amide bonds. The smallest absolute Gasteiger partial charge is 0.226 e. The van der Waals surface area contributed by atoms with Crippen LogP contribution in [0.2, 0.25) is 0 Å². The van der Waals surface area contributed by atoms with Gasteiger partial charge in [-0.05, 0) is 25.8 Å². The second-order valence-electron chi connectivity index (χ2n) is 8.87. The molecule has 0 aromatic carbocycles. The molecule has 0 aliphatic carbocycles. The number of rotatable bonds is 12. The topological polar surface area (TPSA) is 125 Å². The summed E-state index contributed by atoms with van der Waals surface area (Å²) in [6.07, 6.45) is -0.735. The SMILES string of the molecule is CC(C)CN1CCN[C@@H](C(=O)C[C@H](C(=O)N[C@@H](CCN)C(=O)C(C)C)C(C)O)C1. The van der Waals surface area contributed by atoms with Crippen molar-refractivity contribution in [3.63, 3.8) is 0 Å². The Balaban J connectivity index is 2.76. The standard InChI is InChI=1S/C21H40N4O4/c1-13(2)11-25-9-8-23-18(12-25)19(27)10-16(15(5)26)21(29)24-17(6-7-22)20(28)14(3)4/h13-18,23,26H,6-12,22H2,1-5H3,(H,24,29)/t15?,16-,17-,18+/m0/s1. The van der Waals surface area contributed by atoms with E-state index in [0.717, 1.165) is 19.6 Å². The molecule has 0 aromatic heterocycles. The Morgan fingerprint density at radius 1 is 1.21 bits per heavy atom. The highest BCUT2D eigenvalue weighted by molar-refractivity contribution is 5.93. The monoisotopic (exact) mass is 412 g/mol. The fourth-order valence-corrected chi connectivity index (χ4v) is 3.68. The molecule has 0 spiro atoms. The molecule has 168 valence electrons. The Morgan fingerprint density at radius 3 is 2.38 bits per heavy atom. The fraction of sp³-hybridized carbons (Fsp3) is 0.857. The number of aliphatic hydroxyl groups excluding tert-OH is 1. The predicted octanol–water partition coefficient (Wildman–Crippen LogP) is -0.0689. The van der Waals surface area contributed by atoms with Gasteiger partial charge in [0.15, 0.2) is 11.6 Å². The van der Waals surface area contributed by atoms with E-state index in [9.17, 15) is 19.5 Å². The van der Waals surface area contributed by atoms with Gasteiger partial charge in [-0.2, -0.15) is 0 Å². The second kappa shape index (κ2) is 12.4. The quantitative estimate of drug-likeness (QED) is 0.354. The lowest BCUT2D eigenvalue weighted by atomic mass is 9.91. The summed E-state index contributed by atoms with van der Waals surface area (Å²) in [5.41, 5.74) is 5.58. The zero-order valence-electron chi connectivity index (χ0n) is 18.6. The van der Waals surface area contributed by atoms with E-state index in [0.29, 0.717) is 18.9 Å². The third-order valence-electron chi connectivity index (χ3n) is 5.30. The van der Waals surface area contributed by atoms with Crippen LogP contribution in [0.3, 0.4) is 0 Å². The number of hydrogen-bond acceptors (Lipinski definition) is 7. The summed E-state index contributed by atoms with van der Waals surface area (Å²) in [7, 11) is 0. The van der Waals surface area contributed by atoms with E-state index < -0.39 is 24.0 Å². The van der Waals surface area contributed by atoms with Crippen LogP contribution in [0.15, 0.2) is 0 Å². The summed E-state index contributed by atoms with van der Waals surface area (Å²) < 4.78 is 0. The molecule has 1 heterocycles. The van der Waals surface area contributed by atoms with Gasteiger partial charge in [0.25, 0.3) is 0 Å². The predicted molar refractivity (Wildman–Crippen MR) is 113 cm³/mol. The van der Waals surface area contributed by atoms with E-state index in [2.05, 4.69) is 29.4 Å². The number of carbonyl (C=O) groups is 3. The fourth-order valence-electron chi connectivity index (χ4n) is 3.68. The zero-order chi connectivity index (χ0) is 22.1. The number of carbonyl (C=O) groups excluding carboxylic acids is 3. The maximum absolute atomic E-state index is 12.8. The van der Waals surface area contributed by atoms with Crippen molar-refractivity contribution in [1.29, 1.82) is 0 Å². The highest BCUT2D eigenvalue weighted by atomic mass is 16.3. The zero-order valence-corrected chi connectivity index (χ0v) is 18.6. The summed E-state index contributed by atoms with van der Waals surface area (Å²) in [5.74, 6) is -1.29. The molecule has 1 unspecified atom stereocenters. The summed E-state index contributed by atoms with van der Waals surface area (Å²) >= 11 is 0. The number of amides is 1. The lowest BCUT2D eigenvalue weighted by molar-refractivity contribution is -0.136. The van der Waals surface area contributed by atoms with Crippen LogP contribution in [-0.4, -0.2) is 78.4 Å². The third-order valence-corrected chi connectivity index (χ3v) is 5.30. The first kappa shape index (κ1) is 25.7. The van der Waals surface area contributed by atoms with E-state index in [4.69, 9.17) is 5.73 Å². The van der Waals surface area contributed by atoms with Crippen molar-refractivity contribution in [2.45, 2.75) is 65.6 Å². The maximum atomic E-state index is 12.8. The summed E-state index contributed by atoms with van der Waals surface area (Å²) in [5, 5.41) is 16.1. The Labute approximate surface area is 175 Å². The summed E-state index contributed by atoms with van der Waals surface area (Å²) in [4.78, 5) is 40.2. The highest BCUT2D eigenvalue weighted by Crippen LogP contribution is 2.15. The average molecular weight is 413 g/mol. The first-order chi connectivity index (χ1) is 13.6. The highest BCUT2D eigenvalue weighted by Gasteiger charge is 2.34. The molecule has 1 aliphatic heterocycles. The molecule has 5 N–H and O–H groups in total. The molecular formula is C21H40N4O4. The van der Waals surface area contributed by atoms with E-state index in [1.807, 2.05) is 0 Å². The Morgan fingerprint density at radius 2 is 1.86 bits per heavy atom. The van der Waals surface area contributed by atoms with Gasteiger partial charge in [0.2, 0.25) is 5.91 Å². The van der Waals surface area contributed by atoms with Crippen molar-refractivity contribution < 1.29 is 19.5 Å². The second-order valence-corrected chi connectivity index (χ2v) is 8.87. The van der Waals surface area contributed by atoms with E-state index >= 15 is 0 Å². The molecule has 1 aliphatic rings. The number of nitrogens with one attached hydrogen (secondary N) is 2. The molecule has 0 bridgehead atoms. The van der Waals surface area contributed by atoms with Crippen LogP contribution in [0.4, 0.5) is 0 Å². The number of nitrogens with two attached hydrogens (primary N) is 1. The molecule has 8 nitrogen and oxygen atoms in total. The van der Waals surface area contributed by atoms with Crippen molar-refractivity contribution in [3.05, 3.63) is 0 Å². The van der Waals surface area contributed by atoms with Gasteiger partial charge in [0.1, 0.15) is 0 Å². The van der Waals surface area contributed by atoms with Gasteiger partial charge in [-0.15, -0.1) is 0 Å². The Bertz CT molecular complexity index is 551. The third kappa shape index (κ3) is 8.50. The largest absolute Gasteiger partial charge is 0.393 e. The first-order valence-electron chi connectivity index (χ1n) is 10.8. The number of nitrogens with zero attached hydrogens (tertiary/aromatic N) is 1. The van der Waals surface area contributed by atoms with Crippen molar-refractivity contribution in [2.75, 3.05) is 32.7 Å². The minimum absolute atomic E-state index is 0.0676. The molecular weight excluding hydrogens is 372 g/mol. The van der Waals surface area contributed by atoms with Crippen LogP contribution in [0, 0.1) is 17.8 Å². The number of aliphatic hydroxyl groups is 1. The lowest BCUT2D eigenvalue weighted by Gasteiger charge is -2.34. The Hall–Kier alpha value is -1.35. The molecule has 0 saturated carbocycles. The normalized spacial score (nSPS) is 21.1. The van der Waals surface area contributed by atoms with Gasteiger partial charge >= 0.3 is 0 Å². The number of hydrogen-bond donors (Lipinski definition) is 4. The van der Waals surface area contributed by atoms with Crippen LogP contribution >= 0.6 is 0 Å². The molecule has 1 rings (SSSR count). The van der Waals surface area contributed by atoms with Gasteiger partial charge in [-0.3, -0.25) is 19.3 Å². The summed E-state index contributed by atoms with van der Waals surface area (Å²) in [6.45, 7) is 12.7. The van der Waals surface area contributed by atoms with Gasteiger partial charge < -0.3 is 21.5 Å². The van der Waals surface area contributed by atoms with Gasteiger partial charge in [0, 0.05) is 38.5 Å². The van der Waals surface area contributed by atoms with Crippen LogP contribution in [0.5, 0.6) is 0 Å². The van der Waals surface area contributed by atoms with Crippen molar-refractivity contribution in [1.82, 2.24) is 15.5 Å². The van der Waals surface area contributed by atoms with Crippen LogP contribution in [0.25, 0.3) is 0 Å². The van der Waals surface area contributed by atoms with Crippen molar-refractivity contribution in [3.8, 4) is 0 Å². The number of piperazine rings is 1. The summed E-state index contributed by atoms with van der Waals surface area (Å²) in [6, 6.07) is -1.05. The first-order valence-corrected chi connectivity index (χ1v) is 10.8. The van der Waals surface area contributed by atoms with E-state index in [1.165, 1.54) is 6.92 Å². The minimum atomic E-state index is -0.998. The van der Waals surface area contributed by atoms with Crippen molar-refractivity contribution >= 4 is 17.5 Å². The van der Waals surface area contributed by atoms with Gasteiger partial charge in [-0.1, -0.05) is 27.7 Å². The van der Waals surface area contributed by atoms with E-state index in [1.54, 1.807) is 13.8 Å². The number of ketones is 2. The molecule has 8 heteroatoms. The molecule has 0 radical (unpaired) electrons. The molecule has 1 saturated heterocycles. The maximum Gasteiger partial charge on any atom is 0.226 e.